The van der Waals surface area contributed by atoms with E-state index in [-0.39, 0.29) is 33.6 Å². The van der Waals surface area contributed by atoms with E-state index in [1.54, 1.807) is 121 Å². The second-order valence-electron chi connectivity index (χ2n) is 10.9. The molecule has 5 nitrogen and oxygen atoms in total. The van der Waals surface area contributed by atoms with Crippen molar-refractivity contribution in [1.29, 1.82) is 0 Å². The molecule has 2 aliphatic carbocycles. The molecule has 222 valence electrons. The molecule has 4 aromatic carbocycles. The van der Waals surface area contributed by atoms with Crippen LogP contribution >= 0.6 is 0 Å². The Labute approximate surface area is 257 Å². The topological polar surface area (TPSA) is 121 Å². The SMILES string of the molecule is Nc1ccccc1C1=CC(S(=O)C2C=CC(F)(c3ccccc3N)C(c3ccccc3N)=C2)C=CC1(F)c1ccccc1N. The minimum atomic E-state index is -2.12. The molecule has 0 heterocycles. The van der Waals surface area contributed by atoms with E-state index in [4.69, 9.17) is 22.9 Å². The maximum atomic E-state index is 17.1. The number of nitrogen functional groups attached to an aromatic ring is 4. The standard InChI is InChI=1S/C36H32F2N4OS/c37-35(27-11-3-7-15-33(27)41)19-17-23(21-29(35)25-9-1-5-13-31(25)39)44(43)24-18-20-36(38,28-12-4-8-16-34(28)42)30(22-24)26-10-2-6-14-32(26)40/h1-24H,39-42H2. The molecule has 2 aliphatic rings. The van der Waals surface area contributed by atoms with Gasteiger partial charge in [-0.1, -0.05) is 97.1 Å². The van der Waals surface area contributed by atoms with Crippen molar-refractivity contribution in [2.75, 3.05) is 22.9 Å². The highest BCUT2D eigenvalue weighted by Gasteiger charge is 2.43. The monoisotopic (exact) mass is 606 g/mol. The van der Waals surface area contributed by atoms with Crippen LogP contribution in [0.2, 0.25) is 0 Å². The molecule has 8 heteroatoms. The molecular formula is C36H32F2N4OS. The molecule has 0 saturated carbocycles. The molecular weight excluding hydrogens is 574 g/mol. The second kappa shape index (κ2) is 11.3. The molecule has 44 heavy (non-hydrogen) atoms. The molecule has 0 amide bonds. The molecule has 0 aliphatic heterocycles. The van der Waals surface area contributed by atoms with E-state index in [0.717, 1.165) is 0 Å². The number of alkyl halides is 2. The summed E-state index contributed by atoms with van der Waals surface area (Å²) in [5.41, 5.74) is 24.1. The van der Waals surface area contributed by atoms with E-state index in [1.807, 2.05) is 0 Å². The summed E-state index contributed by atoms with van der Waals surface area (Å²) in [5, 5.41) is -1.46. The zero-order chi connectivity index (χ0) is 31.1. The van der Waals surface area contributed by atoms with Crippen LogP contribution in [0.25, 0.3) is 11.1 Å². The fourth-order valence-electron chi connectivity index (χ4n) is 5.97. The van der Waals surface area contributed by atoms with Crippen molar-refractivity contribution < 1.29 is 13.0 Å². The summed E-state index contributed by atoms with van der Waals surface area (Å²) in [7, 11) is -1.69. The van der Waals surface area contributed by atoms with E-state index < -0.39 is 32.6 Å². The van der Waals surface area contributed by atoms with E-state index in [9.17, 15) is 4.21 Å². The number of benzene rings is 4. The molecule has 4 aromatic rings. The van der Waals surface area contributed by atoms with Crippen LogP contribution in [0.1, 0.15) is 22.3 Å². The first-order valence-electron chi connectivity index (χ1n) is 14.1. The van der Waals surface area contributed by atoms with E-state index in [1.165, 1.54) is 12.2 Å². The summed E-state index contributed by atoms with van der Waals surface area (Å²) in [5.74, 6) is 0. The first kappa shape index (κ1) is 29.1. The van der Waals surface area contributed by atoms with E-state index in [0.29, 0.717) is 22.5 Å². The first-order chi connectivity index (χ1) is 21.1. The van der Waals surface area contributed by atoms with Crippen molar-refractivity contribution >= 4 is 44.7 Å². The third kappa shape index (κ3) is 4.91. The van der Waals surface area contributed by atoms with Crippen LogP contribution in [-0.2, 0) is 22.1 Å². The summed E-state index contributed by atoms with van der Waals surface area (Å²) in [4.78, 5) is 0. The van der Waals surface area contributed by atoms with Crippen molar-refractivity contribution in [3.05, 3.63) is 156 Å². The molecule has 4 unspecified atom stereocenters. The van der Waals surface area contributed by atoms with Gasteiger partial charge in [0.2, 0.25) is 0 Å². The predicted octanol–water partition coefficient (Wildman–Crippen LogP) is 6.84. The fraction of sp³-hybridized carbons (Fsp3) is 0.111. The number of hydrogen-bond donors (Lipinski definition) is 4. The number of allylic oxidation sites excluding steroid dienone is 4. The fourth-order valence-corrected chi connectivity index (χ4v) is 7.34. The zero-order valence-corrected chi connectivity index (χ0v) is 24.6. The second-order valence-corrected chi connectivity index (χ2v) is 12.7. The highest BCUT2D eigenvalue weighted by molar-refractivity contribution is 7.87. The van der Waals surface area contributed by atoms with Gasteiger partial charge in [-0.2, -0.15) is 0 Å². The Morgan fingerprint density at radius 2 is 0.864 bits per heavy atom. The Morgan fingerprint density at radius 3 is 1.23 bits per heavy atom. The average molecular weight is 607 g/mol. The molecule has 8 N–H and O–H groups in total. The van der Waals surface area contributed by atoms with Crippen molar-refractivity contribution in [2.45, 2.75) is 21.8 Å². The maximum absolute atomic E-state index is 17.1. The molecule has 0 aromatic heterocycles. The number of halogens is 2. The molecule has 0 spiro atoms. The molecule has 6 rings (SSSR count). The van der Waals surface area contributed by atoms with Crippen LogP contribution in [0.15, 0.2) is 134 Å². The zero-order valence-electron chi connectivity index (χ0n) is 23.7. The number of rotatable bonds is 6. The van der Waals surface area contributed by atoms with Gasteiger partial charge in [0.25, 0.3) is 0 Å². The Bertz CT molecular complexity index is 1770. The summed E-state index contributed by atoms with van der Waals surface area (Å²) in [6.45, 7) is 0. The summed E-state index contributed by atoms with van der Waals surface area (Å²) in [6, 6.07) is 27.3. The summed E-state index contributed by atoms with van der Waals surface area (Å²) in [6.07, 6.45) is 9.21. The van der Waals surface area contributed by atoms with Crippen LogP contribution in [0, 0.1) is 0 Å². The minimum absolute atomic E-state index is 0.238. The van der Waals surface area contributed by atoms with Crippen LogP contribution in [0.3, 0.4) is 0 Å². The van der Waals surface area contributed by atoms with Gasteiger partial charge in [-0.15, -0.1) is 0 Å². The Hall–Kier alpha value is -4.95. The molecule has 4 atom stereocenters. The largest absolute Gasteiger partial charge is 0.398 e. The first-order valence-corrected chi connectivity index (χ1v) is 15.4. The lowest BCUT2D eigenvalue weighted by Gasteiger charge is -2.34. The molecule has 0 radical (unpaired) electrons. The predicted molar refractivity (Wildman–Crippen MR) is 179 cm³/mol. The number of anilines is 4. The third-order valence-electron chi connectivity index (χ3n) is 8.22. The third-order valence-corrected chi connectivity index (χ3v) is 9.88. The van der Waals surface area contributed by atoms with Crippen molar-refractivity contribution in [3.63, 3.8) is 0 Å². The van der Waals surface area contributed by atoms with E-state index >= 15 is 8.78 Å². The van der Waals surface area contributed by atoms with Gasteiger partial charge >= 0.3 is 0 Å². The van der Waals surface area contributed by atoms with Gasteiger partial charge in [0.1, 0.15) is 0 Å². The van der Waals surface area contributed by atoms with Gasteiger partial charge in [0.05, 0.1) is 10.5 Å². The van der Waals surface area contributed by atoms with Crippen LogP contribution in [0.4, 0.5) is 31.5 Å². The number of para-hydroxylation sites is 4. The van der Waals surface area contributed by atoms with Gasteiger partial charge in [-0.3, -0.25) is 4.21 Å². The van der Waals surface area contributed by atoms with Crippen molar-refractivity contribution in [2.24, 2.45) is 0 Å². The highest BCUT2D eigenvalue weighted by atomic mass is 32.2. The van der Waals surface area contributed by atoms with Gasteiger partial charge in [0.15, 0.2) is 11.3 Å². The maximum Gasteiger partial charge on any atom is 0.181 e. The normalized spacial score (nSPS) is 25.2. The van der Waals surface area contributed by atoms with E-state index in [2.05, 4.69) is 0 Å². The number of nitrogens with two attached hydrogens (primary N) is 4. The van der Waals surface area contributed by atoms with Crippen LogP contribution in [0.5, 0.6) is 0 Å². The van der Waals surface area contributed by atoms with Gasteiger partial charge in [-0.05, 0) is 36.4 Å². The van der Waals surface area contributed by atoms with Crippen molar-refractivity contribution in [3.8, 4) is 0 Å². The smallest absolute Gasteiger partial charge is 0.181 e. The molecule has 0 saturated heterocycles. The molecule has 0 bridgehead atoms. The quantitative estimate of drug-likeness (QED) is 0.142. The Morgan fingerprint density at radius 1 is 0.523 bits per heavy atom. The van der Waals surface area contributed by atoms with Gasteiger partial charge < -0.3 is 22.9 Å². The Balaban J connectivity index is 1.45. The van der Waals surface area contributed by atoms with Crippen molar-refractivity contribution in [1.82, 2.24) is 0 Å². The lowest BCUT2D eigenvalue weighted by atomic mass is 9.79. The lowest BCUT2D eigenvalue weighted by Crippen LogP contribution is -2.32. The van der Waals surface area contributed by atoms with Crippen LogP contribution in [-0.4, -0.2) is 14.7 Å². The van der Waals surface area contributed by atoms with Gasteiger partial charge in [-0.25, -0.2) is 8.78 Å². The van der Waals surface area contributed by atoms with Gasteiger partial charge in [0, 0.05) is 66.9 Å². The summed E-state index contributed by atoms with van der Waals surface area (Å²) >= 11 is 0. The minimum Gasteiger partial charge on any atom is -0.398 e. The average Bonchev–Trinajstić information content (AvgIpc) is 3.02. The lowest BCUT2D eigenvalue weighted by molar-refractivity contribution is 0.318. The molecule has 0 fully saturated rings. The highest BCUT2D eigenvalue weighted by Crippen LogP contribution is 2.50. The Kier molecular flexibility index (Phi) is 7.47. The number of hydrogen-bond acceptors (Lipinski definition) is 5. The van der Waals surface area contributed by atoms with Crippen LogP contribution < -0.4 is 22.9 Å². The summed E-state index contributed by atoms with van der Waals surface area (Å²) < 4.78 is 48.5.